The van der Waals surface area contributed by atoms with Gasteiger partial charge in [-0.25, -0.2) is 8.42 Å². The van der Waals surface area contributed by atoms with Crippen LogP contribution < -0.4 is 14.8 Å². The molecule has 0 radical (unpaired) electrons. The molecule has 4 aromatic carbocycles. The van der Waals surface area contributed by atoms with Gasteiger partial charge in [0, 0.05) is 35.7 Å². The molecule has 1 aliphatic rings. The van der Waals surface area contributed by atoms with Crippen molar-refractivity contribution in [2.75, 3.05) is 19.5 Å². The summed E-state index contributed by atoms with van der Waals surface area (Å²) < 4.78 is 43.5. The van der Waals surface area contributed by atoms with Gasteiger partial charge in [0.1, 0.15) is 11.5 Å². The molecule has 1 aromatic heterocycles. The van der Waals surface area contributed by atoms with Gasteiger partial charge in [-0.1, -0.05) is 60.5 Å². The molecule has 0 spiro atoms. The third-order valence-electron chi connectivity index (χ3n) is 8.63. The largest absolute Gasteiger partial charge is 0.497 e. The Kier molecular flexibility index (Phi) is 9.81. The fourth-order valence-electron chi connectivity index (χ4n) is 5.75. The van der Waals surface area contributed by atoms with Crippen LogP contribution in [0.2, 0.25) is 5.02 Å². The number of methoxy groups -OCH3 is 2. The fourth-order valence-corrected chi connectivity index (χ4v) is 7.58. The van der Waals surface area contributed by atoms with Gasteiger partial charge in [0.05, 0.1) is 37.2 Å². The lowest BCUT2D eigenvalue weighted by Crippen LogP contribution is -2.30. The Morgan fingerprint density at radius 1 is 0.936 bits per heavy atom. The van der Waals surface area contributed by atoms with Crippen molar-refractivity contribution < 1.29 is 22.7 Å². The summed E-state index contributed by atoms with van der Waals surface area (Å²) >= 11 is 6.32. The lowest BCUT2D eigenvalue weighted by molar-refractivity contribution is -0.115. The zero-order valence-corrected chi connectivity index (χ0v) is 27.9. The second kappa shape index (κ2) is 14.2. The summed E-state index contributed by atoms with van der Waals surface area (Å²) in [7, 11) is -0.962. The summed E-state index contributed by atoms with van der Waals surface area (Å²) in [4.78, 5) is 13.3. The molecule has 1 saturated carbocycles. The van der Waals surface area contributed by atoms with Gasteiger partial charge in [-0.15, -0.1) is 0 Å². The second-order valence-electron chi connectivity index (χ2n) is 11.8. The number of amides is 1. The summed E-state index contributed by atoms with van der Waals surface area (Å²) in [6.07, 6.45) is 5.06. The fraction of sp³-hybridized carbons (Fsp3) is 0.278. The van der Waals surface area contributed by atoms with Crippen LogP contribution >= 0.6 is 11.6 Å². The number of halogens is 1. The molecule has 0 saturated heterocycles. The molecular formula is C36H37ClN4O5S. The first-order valence-electron chi connectivity index (χ1n) is 15.5. The number of carbonyl (C=O) groups is 1. The van der Waals surface area contributed by atoms with Gasteiger partial charge in [0.25, 0.3) is 0 Å². The third kappa shape index (κ3) is 7.45. The first kappa shape index (κ1) is 32.6. The molecule has 0 bridgehead atoms. The van der Waals surface area contributed by atoms with Crippen molar-refractivity contribution in [2.45, 2.75) is 50.2 Å². The topological polar surface area (TPSA) is 103 Å². The van der Waals surface area contributed by atoms with E-state index in [-0.39, 0.29) is 30.3 Å². The molecule has 1 aliphatic carbocycles. The van der Waals surface area contributed by atoms with Crippen LogP contribution in [0.25, 0.3) is 10.9 Å². The van der Waals surface area contributed by atoms with Gasteiger partial charge in [0.2, 0.25) is 15.9 Å². The Morgan fingerprint density at radius 2 is 1.55 bits per heavy atom. The highest BCUT2D eigenvalue weighted by Gasteiger charge is 2.30. The van der Waals surface area contributed by atoms with Crippen LogP contribution in [0.15, 0.2) is 96.0 Å². The molecule has 1 heterocycles. The van der Waals surface area contributed by atoms with Crippen molar-refractivity contribution in [1.82, 2.24) is 14.1 Å². The van der Waals surface area contributed by atoms with E-state index < -0.39 is 10.0 Å². The maximum absolute atomic E-state index is 14.8. The van der Waals surface area contributed by atoms with E-state index in [1.165, 1.54) is 16.8 Å². The number of sulfonamides is 1. The average molecular weight is 673 g/mol. The minimum absolute atomic E-state index is 0.0438. The molecule has 244 valence electrons. The molecule has 11 heteroatoms. The number of aromatic nitrogens is 2. The van der Waals surface area contributed by atoms with Crippen LogP contribution in [0.4, 0.5) is 5.69 Å². The Labute approximate surface area is 280 Å². The SMILES string of the molecule is COc1ccc(CN(Cc2ccc(OC)cc2)S(=O)(=O)c2cc(NC(=O)Cc3ccccc3Cl)cc3c2cnn3CC2CCC2)cc1. The first-order valence-corrected chi connectivity index (χ1v) is 17.3. The second-order valence-corrected chi connectivity index (χ2v) is 14.1. The van der Waals surface area contributed by atoms with E-state index in [2.05, 4.69) is 10.4 Å². The predicted molar refractivity (Wildman–Crippen MR) is 183 cm³/mol. The lowest BCUT2D eigenvalue weighted by Gasteiger charge is -2.26. The molecule has 0 unspecified atom stereocenters. The molecule has 0 aliphatic heterocycles. The molecular weight excluding hydrogens is 636 g/mol. The normalized spacial score (nSPS) is 13.4. The van der Waals surface area contributed by atoms with E-state index >= 15 is 0 Å². The highest BCUT2D eigenvalue weighted by molar-refractivity contribution is 7.89. The van der Waals surface area contributed by atoms with Gasteiger partial charge in [-0.2, -0.15) is 9.40 Å². The summed E-state index contributed by atoms with van der Waals surface area (Å²) in [6, 6.07) is 25.2. The number of nitrogens with one attached hydrogen (secondary N) is 1. The molecule has 47 heavy (non-hydrogen) atoms. The zero-order chi connectivity index (χ0) is 33.0. The highest BCUT2D eigenvalue weighted by Crippen LogP contribution is 2.34. The number of fused-ring (bicyclic) bond motifs is 1. The highest BCUT2D eigenvalue weighted by atomic mass is 35.5. The number of nitrogens with zero attached hydrogens (tertiary/aromatic N) is 3. The number of rotatable bonds is 13. The molecule has 1 N–H and O–H groups in total. The van der Waals surface area contributed by atoms with E-state index in [1.54, 1.807) is 32.5 Å². The van der Waals surface area contributed by atoms with Crippen LogP contribution in [0.1, 0.15) is 36.0 Å². The summed E-state index contributed by atoms with van der Waals surface area (Å²) in [5.41, 5.74) is 3.30. The minimum Gasteiger partial charge on any atom is -0.497 e. The number of carbonyl (C=O) groups excluding carboxylic acids is 1. The first-order chi connectivity index (χ1) is 22.7. The number of hydrogen-bond acceptors (Lipinski definition) is 6. The number of ether oxygens (including phenoxy) is 2. The van der Waals surface area contributed by atoms with E-state index in [0.29, 0.717) is 51.1 Å². The minimum atomic E-state index is -4.14. The van der Waals surface area contributed by atoms with Crippen molar-refractivity contribution in [3.63, 3.8) is 0 Å². The van der Waals surface area contributed by atoms with Crippen LogP contribution in [0.5, 0.6) is 11.5 Å². The van der Waals surface area contributed by atoms with Crippen molar-refractivity contribution in [3.05, 3.63) is 113 Å². The third-order valence-corrected chi connectivity index (χ3v) is 10.8. The summed E-state index contributed by atoms with van der Waals surface area (Å²) in [5, 5.41) is 8.56. The average Bonchev–Trinajstić information content (AvgIpc) is 3.46. The van der Waals surface area contributed by atoms with Crippen LogP contribution in [0.3, 0.4) is 0 Å². The number of hydrogen-bond donors (Lipinski definition) is 1. The zero-order valence-electron chi connectivity index (χ0n) is 26.4. The van der Waals surface area contributed by atoms with E-state index in [0.717, 1.165) is 24.0 Å². The number of anilines is 1. The molecule has 0 atom stereocenters. The standard InChI is InChI=1S/C36H37ClN4O5S/c1-45-30-14-10-26(11-15-30)22-40(23-27-12-16-31(46-2)17-13-27)47(43,44)35-20-29(39-36(42)18-28-8-3-4-9-33(28)37)19-34-32(35)21-38-41(34)24-25-6-5-7-25/h3-4,8-17,19-21,25H,5-7,18,22-24H2,1-2H3,(H,39,42). The monoisotopic (exact) mass is 672 g/mol. The van der Waals surface area contributed by atoms with Crippen molar-refractivity contribution >= 4 is 44.1 Å². The molecule has 9 nitrogen and oxygen atoms in total. The van der Waals surface area contributed by atoms with Crippen LogP contribution in [-0.2, 0) is 40.9 Å². The van der Waals surface area contributed by atoms with Crippen molar-refractivity contribution in [2.24, 2.45) is 5.92 Å². The van der Waals surface area contributed by atoms with E-state index in [9.17, 15) is 13.2 Å². The van der Waals surface area contributed by atoms with Crippen LogP contribution in [-0.4, -0.2) is 42.6 Å². The molecule has 6 rings (SSSR count). The molecule has 5 aromatic rings. The van der Waals surface area contributed by atoms with Gasteiger partial charge in [-0.05, 0) is 77.9 Å². The maximum atomic E-state index is 14.8. The Balaban J connectivity index is 1.40. The maximum Gasteiger partial charge on any atom is 0.244 e. The van der Waals surface area contributed by atoms with Crippen molar-refractivity contribution in [1.29, 1.82) is 0 Å². The predicted octanol–water partition coefficient (Wildman–Crippen LogP) is 7.08. The summed E-state index contributed by atoms with van der Waals surface area (Å²) in [5.74, 6) is 1.54. The van der Waals surface area contributed by atoms with Gasteiger partial charge in [0.15, 0.2) is 0 Å². The van der Waals surface area contributed by atoms with E-state index in [1.807, 2.05) is 71.4 Å². The quantitative estimate of drug-likeness (QED) is 0.143. The Morgan fingerprint density at radius 3 is 2.11 bits per heavy atom. The Bertz CT molecular complexity index is 1920. The lowest BCUT2D eigenvalue weighted by atomic mass is 9.85. The summed E-state index contributed by atoms with van der Waals surface area (Å²) in [6.45, 7) is 0.903. The number of benzene rings is 4. The molecule has 1 fully saturated rings. The van der Waals surface area contributed by atoms with Crippen LogP contribution in [0, 0.1) is 5.92 Å². The molecule has 1 amide bonds. The smallest absolute Gasteiger partial charge is 0.244 e. The van der Waals surface area contributed by atoms with Gasteiger partial charge >= 0.3 is 0 Å². The van der Waals surface area contributed by atoms with Gasteiger partial charge in [-0.3, -0.25) is 9.48 Å². The van der Waals surface area contributed by atoms with Crippen molar-refractivity contribution in [3.8, 4) is 11.5 Å². The van der Waals surface area contributed by atoms with E-state index in [4.69, 9.17) is 21.1 Å². The Hall–Kier alpha value is -4.38. The van der Waals surface area contributed by atoms with Gasteiger partial charge < -0.3 is 14.8 Å².